The van der Waals surface area contributed by atoms with Gasteiger partial charge in [0.2, 0.25) is 0 Å². The molecule has 0 aliphatic heterocycles. The van der Waals surface area contributed by atoms with Crippen LogP contribution in [0.1, 0.15) is 47.3 Å². The average molecular weight is 424 g/mol. The number of aromatic amines is 1. The molecule has 1 heterocycles. The Hall–Kier alpha value is -0.870. The predicted octanol–water partition coefficient (Wildman–Crippen LogP) is 1.51. The molecule has 0 saturated carbocycles. The second kappa shape index (κ2) is 10.1. The Kier molecular flexibility index (Phi) is 9.01. The van der Waals surface area contributed by atoms with Crippen molar-refractivity contribution in [1.82, 2.24) is 9.55 Å². The lowest BCUT2D eigenvalue weighted by molar-refractivity contribution is -0.103. The minimum absolute atomic E-state index is 0.0728. The van der Waals surface area contributed by atoms with Gasteiger partial charge in [-0.3, -0.25) is 14.3 Å². The van der Waals surface area contributed by atoms with E-state index in [9.17, 15) is 19.6 Å². The van der Waals surface area contributed by atoms with Crippen molar-refractivity contribution in [3.05, 3.63) is 33.1 Å². The van der Waals surface area contributed by atoms with E-state index in [0.717, 1.165) is 10.6 Å². The second-order valence-electron chi connectivity index (χ2n) is 7.51. The van der Waals surface area contributed by atoms with Crippen LogP contribution in [-0.2, 0) is 25.6 Å². The van der Waals surface area contributed by atoms with Gasteiger partial charge in [-0.05, 0) is 44.9 Å². The van der Waals surface area contributed by atoms with Gasteiger partial charge in [-0.15, -0.1) is 0 Å². The van der Waals surface area contributed by atoms with Crippen molar-refractivity contribution in [2.24, 2.45) is 5.92 Å². The van der Waals surface area contributed by atoms with Crippen LogP contribution in [0.5, 0.6) is 0 Å². The molecule has 1 unspecified atom stereocenters. The van der Waals surface area contributed by atoms with Gasteiger partial charge in [0.15, 0.2) is 6.23 Å². The second-order valence-corrected chi connectivity index (χ2v) is 10.3. The highest BCUT2D eigenvalue weighted by Gasteiger charge is 2.27. The lowest BCUT2D eigenvalue weighted by atomic mass is 10.1. The van der Waals surface area contributed by atoms with Crippen LogP contribution >= 0.6 is 6.72 Å². The fraction of sp³-hybridized carbons (Fsp3) is 0.750. The molecule has 27 heavy (non-hydrogen) atoms. The molecular formula is C16H29N2O7PS. The quantitative estimate of drug-likeness (QED) is 0.483. The Morgan fingerprint density at radius 1 is 1.33 bits per heavy atom. The maximum absolute atomic E-state index is 11.9. The fourth-order valence-electron chi connectivity index (χ4n) is 2.31. The molecule has 1 aromatic rings. The van der Waals surface area contributed by atoms with E-state index in [1.165, 1.54) is 6.20 Å². The Balaban J connectivity index is 2.90. The van der Waals surface area contributed by atoms with Gasteiger partial charge in [-0.25, -0.2) is 4.79 Å². The van der Waals surface area contributed by atoms with Crippen LogP contribution in [0.15, 0.2) is 21.9 Å². The molecule has 0 amide bonds. The van der Waals surface area contributed by atoms with Crippen molar-refractivity contribution in [2.45, 2.75) is 59.0 Å². The molecule has 0 fully saturated rings. The third kappa shape index (κ3) is 9.25. The van der Waals surface area contributed by atoms with Gasteiger partial charge in [0.1, 0.15) is 0 Å². The monoisotopic (exact) mass is 424 g/mol. The van der Waals surface area contributed by atoms with Crippen LogP contribution in [0.25, 0.3) is 0 Å². The Labute approximate surface area is 163 Å². The van der Waals surface area contributed by atoms with Gasteiger partial charge >= 0.3 is 12.4 Å². The SMILES string of the molecule is CC(C)C[C@H](COP(O)(=S)OC(C)(C)C)O[C@H](CO)n1ccc(=O)[nH]c1=O. The topological polar surface area (TPSA) is 123 Å². The Morgan fingerprint density at radius 2 is 1.96 bits per heavy atom. The molecule has 9 nitrogen and oxygen atoms in total. The molecule has 3 N–H and O–H groups in total. The number of hydrogen-bond donors (Lipinski definition) is 3. The van der Waals surface area contributed by atoms with Crippen molar-refractivity contribution in [1.29, 1.82) is 0 Å². The van der Waals surface area contributed by atoms with E-state index in [2.05, 4.69) is 4.98 Å². The molecule has 0 aliphatic rings. The summed E-state index contributed by atoms with van der Waals surface area (Å²) in [5.74, 6) is 0.213. The first kappa shape index (κ1) is 24.2. The highest BCUT2D eigenvalue weighted by atomic mass is 32.5. The molecule has 11 heteroatoms. The lowest BCUT2D eigenvalue weighted by Gasteiger charge is -2.29. The molecule has 156 valence electrons. The van der Waals surface area contributed by atoms with E-state index in [1.54, 1.807) is 20.8 Å². The van der Waals surface area contributed by atoms with Gasteiger partial charge in [-0.2, -0.15) is 0 Å². The van der Waals surface area contributed by atoms with Crippen molar-refractivity contribution >= 4 is 18.5 Å². The first-order valence-electron chi connectivity index (χ1n) is 8.59. The zero-order chi connectivity index (χ0) is 20.8. The molecule has 3 atom stereocenters. The first-order chi connectivity index (χ1) is 12.3. The number of nitrogens with zero attached hydrogens (tertiary/aromatic N) is 1. The highest BCUT2D eigenvalue weighted by molar-refractivity contribution is 8.07. The van der Waals surface area contributed by atoms with Crippen LogP contribution in [0.4, 0.5) is 0 Å². The summed E-state index contributed by atoms with van der Waals surface area (Å²) in [7, 11) is 0. The third-order valence-corrected chi connectivity index (χ3v) is 5.01. The normalized spacial score (nSPS) is 16.9. The number of H-pyrrole nitrogens is 1. The number of aliphatic hydroxyl groups is 1. The summed E-state index contributed by atoms with van der Waals surface area (Å²) in [6.45, 7) is 5.15. The summed E-state index contributed by atoms with van der Waals surface area (Å²) >= 11 is 5.02. The van der Waals surface area contributed by atoms with Gasteiger partial charge in [-0.1, -0.05) is 13.8 Å². The smallest absolute Gasteiger partial charge is 0.330 e. The Morgan fingerprint density at radius 3 is 2.44 bits per heavy atom. The maximum Gasteiger partial charge on any atom is 0.330 e. The minimum Gasteiger partial charge on any atom is -0.392 e. The van der Waals surface area contributed by atoms with Crippen LogP contribution < -0.4 is 11.2 Å². The molecule has 0 aromatic carbocycles. The largest absolute Gasteiger partial charge is 0.392 e. The van der Waals surface area contributed by atoms with E-state index in [0.29, 0.717) is 6.42 Å². The molecule has 0 bridgehead atoms. The molecule has 1 rings (SSSR count). The molecular weight excluding hydrogens is 395 g/mol. The van der Waals surface area contributed by atoms with Crippen molar-refractivity contribution < 1.29 is 23.8 Å². The number of aliphatic hydroxyl groups excluding tert-OH is 1. The Bertz CT molecular complexity index is 756. The maximum atomic E-state index is 11.9. The number of ether oxygens (including phenoxy) is 1. The van der Waals surface area contributed by atoms with E-state index in [1.807, 2.05) is 13.8 Å². The molecule has 0 saturated heterocycles. The number of nitrogens with one attached hydrogen (secondary N) is 1. The molecule has 0 aliphatic carbocycles. The summed E-state index contributed by atoms with van der Waals surface area (Å²) < 4.78 is 17.7. The number of rotatable bonds is 10. The lowest BCUT2D eigenvalue weighted by Crippen LogP contribution is -2.36. The van der Waals surface area contributed by atoms with Crippen LogP contribution in [-0.4, -0.2) is 44.5 Å². The van der Waals surface area contributed by atoms with E-state index in [4.69, 9.17) is 25.6 Å². The summed E-state index contributed by atoms with van der Waals surface area (Å²) in [5, 5.41) is 9.63. The molecule has 0 spiro atoms. The van der Waals surface area contributed by atoms with Gasteiger partial charge in [0.25, 0.3) is 5.56 Å². The van der Waals surface area contributed by atoms with E-state index in [-0.39, 0.29) is 12.5 Å². The zero-order valence-electron chi connectivity index (χ0n) is 16.2. The first-order valence-corrected chi connectivity index (χ1v) is 11.2. The molecule has 0 radical (unpaired) electrons. The van der Waals surface area contributed by atoms with E-state index < -0.39 is 42.5 Å². The zero-order valence-corrected chi connectivity index (χ0v) is 18.0. The van der Waals surface area contributed by atoms with Gasteiger partial charge in [0, 0.05) is 12.3 Å². The molecule has 1 aromatic heterocycles. The summed E-state index contributed by atoms with van der Waals surface area (Å²) in [6.07, 6.45) is 0.175. The third-order valence-electron chi connectivity index (χ3n) is 3.21. The highest BCUT2D eigenvalue weighted by Crippen LogP contribution is 2.47. The summed E-state index contributed by atoms with van der Waals surface area (Å²) in [6, 6.07) is 1.16. The van der Waals surface area contributed by atoms with Gasteiger partial charge < -0.3 is 23.8 Å². The predicted molar refractivity (Wildman–Crippen MR) is 105 cm³/mol. The van der Waals surface area contributed by atoms with Crippen LogP contribution in [0.2, 0.25) is 0 Å². The van der Waals surface area contributed by atoms with E-state index >= 15 is 0 Å². The van der Waals surface area contributed by atoms with Crippen molar-refractivity contribution in [3.63, 3.8) is 0 Å². The average Bonchev–Trinajstić information content (AvgIpc) is 2.48. The van der Waals surface area contributed by atoms with Crippen molar-refractivity contribution in [2.75, 3.05) is 13.2 Å². The minimum atomic E-state index is -3.48. The summed E-state index contributed by atoms with van der Waals surface area (Å²) in [5.41, 5.74) is -1.92. The summed E-state index contributed by atoms with van der Waals surface area (Å²) in [4.78, 5) is 35.4. The van der Waals surface area contributed by atoms with Crippen molar-refractivity contribution in [3.8, 4) is 0 Å². The van der Waals surface area contributed by atoms with Crippen LogP contribution in [0.3, 0.4) is 0 Å². The van der Waals surface area contributed by atoms with Crippen LogP contribution in [0, 0.1) is 5.92 Å². The number of aromatic nitrogens is 2. The van der Waals surface area contributed by atoms with Gasteiger partial charge in [0.05, 0.1) is 24.9 Å². The standard InChI is InChI=1S/C16H29N2O7PS/c1-11(2)8-12(10-23-26(22,27)25-16(3,4)5)24-14(9-19)18-7-6-13(20)17-15(18)21/h6-7,11-12,14,19H,8-10H2,1-5H3,(H,22,27)(H,17,20,21)/t12-,14-,26?/m1/s1. The number of hydrogen-bond acceptors (Lipinski definition) is 7. The fourth-order valence-corrected chi connectivity index (χ4v) is 4.26.